The lowest BCUT2D eigenvalue weighted by atomic mass is 9.70. The Balaban J connectivity index is 1.28. The van der Waals surface area contributed by atoms with Gasteiger partial charge in [0, 0.05) is 42.6 Å². The van der Waals surface area contributed by atoms with Crippen LogP contribution in [0, 0.1) is 30.6 Å². The molecule has 0 aromatic heterocycles. The van der Waals surface area contributed by atoms with E-state index in [0.29, 0.717) is 42.8 Å². The van der Waals surface area contributed by atoms with Crippen LogP contribution in [0.5, 0.6) is 5.75 Å². The first kappa shape index (κ1) is 33.0. The van der Waals surface area contributed by atoms with Gasteiger partial charge in [0.05, 0.1) is 24.2 Å². The molecule has 5 atom stereocenters. The van der Waals surface area contributed by atoms with Crippen LogP contribution in [0.15, 0.2) is 52.9 Å². The van der Waals surface area contributed by atoms with Gasteiger partial charge in [-0.25, -0.2) is 4.21 Å². The Morgan fingerprint density at radius 1 is 1.15 bits per heavy atom. The maximum atomic E-state index is 13.9. The molecule has 248 valence electrons. The molecule has 2 saturated carbocycles. The molecule has 1 N–H and O–H groups in total. The molecule has 4 aliphatic rings. The number of allylic oxidation sites excluding steroid dienone is 1. The van der Waals surface area contributed by atoms with Gasteiger partial charge in [0.1, 0.15) is 15.7 Å². The van der Waals surface area contributed by atoms with E-state index in [9.17, 15) is 13.8 Å². The van der Waals surface area contributed by atoms with Gasteiger partial charge in [-0.15, -0.1) is 4.36 Å². The van der Waals surface area contributed by atoms with E-state index in [0.717, 1.165) is 74.5 Å². The van der Waals surface area contributed by atoms with E-state index in [1.165, 1.54) is 11.1 Å². The van der Waals surface area contributed by atoms with Crippen molar-refractivity contribution in [2.75, 3.05) is 37.5 Å². The highest BCUT2D eigenvalue weighted by molar-refractivity contribution is 7.92. The minimum Gasteiger partial charge on any atom is -0.491 e. The fraction of sp³-hybridized carbons (Fsp3) is 0.556. The number of methoxy groups -OCH3 is 1. The fourth-order valence-corrected chi connectivity index (χ4v) is 8.83. The summed E-state index contributed by atoms with van der Waals surface area (Å²) in [7, 11) is -1.51. The number of rotatable bonds is 7. The molecule has 1 unspecified atom stereocenters. The van der Waals surface area contributed by atoms with Crippen LogP contribution in [-0.4, -0.2) is 54.7 Å². The van der Waals surface area contributed by atoms with E-state index >= 15 is 0 Å². The van der Waals surface area contributed by atoms with Crippen molar-refractivity contribution < 1.29 is 23.3 Å². The molecular weight excluding hydrogens is 622 g/mol. The van der Waals surface area contributed by atoms with Gasteiger partial charge in [-0.05, 0) is 118 Å². The number of nitrogens with one attached hydrogen (secondary N) is 1. The van der Waals surface area contributed by atoms with Gasteiger partial charge in [0.15, 0.2) is 0 Å². The average Bonchev–Trinajstić information content (AvgIpc) is 3.88. The number of hydrogen-bond acceptors (Lipinski definition) is 6. The second-order valence-corrected chi connectivity index (χ2v) is 16.0. The lowest BCUT2D eigenvalue weighted by Gasteiger charge is -2.43. The molecular formula is C36H46ClN3O5S. The highest BCUT2D eigenvalue weighted by Crippen LogP contribution is 2.42. The van der Waals surface area contributed by atoms with Crippen molar-refractivity contribution in [2.45, 2.75) is 70.8 Å². The molecule has 2 aliphatic heterocycles. The van der Waals surface area contributed by atoms with Crippen molar-refractivity contribution >= 4 is 39.0 Å². The third-order valence-electron chi connectivity index (χ3n) is 10.1. The monoisotopic (exact) mass is 667 g/mol. The van der Waals surface area contributed by atoms with Crippen molar-refractivity contribution in [3.8, 4) is 5.75 Å². The zero-order valence-electron chi connectivity index (χ0n) is 26.9. The van der Waals surface area contributed by atoms with Crippen molar-refractivity contribution in [1.29, 1.82) is 0 Å². The van der Waals surface area contributed by atoms with E-state index in [2.05, 4.69) is 45.2 Å². The molecule has 0 radical (unpaired) electrons. The van der Waals surface area contributed by atoms with Gasteiger partial charge in [-0.2, -0.15) is 0 Å². The predicted molar refractivity (Wildman–Crippen MR) is 183 cm³/mol. The number of carbonyl (C=O) groups excluding carboxylic acids is 2. The molecule has 2 heterocycles. The lowest BCUT2D eigenvalue weighted by Crippen LogP contribution is -2.44. The molecule has 2 amide bonds. The Morgan fingerprint density at radius 3 is 2.76 bits per heavy atom. The molecule has 2 aliphatic carbocycles. The molecule has 2 aromatic rings. The zero-order chi connectivity index (χ0) is 32.3. The largest absolute Gasteiger partial charge is 0.491 e. The van der Waals surface area contributed by atoms with Crippen LogP contribution in [0.4, 0.5) is 5.69 Å². The second-order valence-electron chi connectivity index (χ2n) is 13.5. The van der Waals surface area contributed by atoms with Crippen LogP contribution in [0.25, 0.3) is 0 Å². The zero-order valence-corrected chi connectivity index (χ0v) is 28.5. The minimum atomic E-state index is -3.28. The molecule has 6 rings (SSSR count). The van der Waals surface area contributed by atoms with Crippen LogP contribution in [0.3, 0.4) is 0 Å². The Kier molecular flexibility index (Phi) is 10.4. The summed E-state index contributed by atoms with van der Waals surface area (Å²) < 4.78 is 33.1. The lowest BCUT2D eigenvalue weighted by molar-refractivity contribution is -0.120. The second kappa shape index (κ2) is 14.5. The van der Waals surface area contributed by atoms with Crippen molar-refractivity contribution in [1.82, 2.24) is 4.72 Å². The highest BCUT2D eigenvalue weighted by Gasteiger charge is 2.38. The molecule has 2 aromatic carbocycles. The normalized spacial score (nSPS) is 28.9. The summed E-state index contributed by atoms with van der Waals surface area (Å²) in [6.07, 6.45) is 12.2. The maximum absolute atomic E-state index is 13.9. The van der Waals surface area contributed by atoms with E-state index in [4.69, 9.17) is 21.1 Å². The van der Waals surface area contributed by atoms with Crippen LogP contribution in [0.2, 0.25) is 5.02 Å². The number of ether oxygens (including phenoxy) is 2. The van der Waals surface area contributed by atoms with E-state index in [1.807, 2.05) is 18.2 Å². The minimum absolute atomic E-state index is 0.00242. The smallest absolute Gasteiger partial charge is 0.286 e. The van der Waals surface area contributed by atoms with Gasteiger partial charge in [0.25, 0.3) is 5.91 Å². The summed E-state index contributed by atoms with van der Waals surface area (Å²) in [6.45, 7) is 4.36. The molecule has 2 fully saturated rings. The molecule has 0 saturated heterocycles. The Hall–Kier alpha value is -2.88. The first-order chi connectivity index (χ1) is 22.2. The number of benzene rings is 2. The van der Waals surface area contributed by atoms with Crippen LogP contribution >= 0.6 is 11.6 Å². The number of carbonyl (C=O) groups is 2. The summed E-state index contributed by atoms with van der Waals surface area (Å²) >= 11 is 6.28. The number of fused-ring (bicyclic) bond motifs is 2. The van der Waals surface area contributed by atoms with Gasteiger partial charge >= 0.3 is 0 Å². The van der Waals surface area contributed by atoms with E-state index < -0.39 is 15.8 Å². The number of amides is 2. The highest BCUT2D eigenvalue weighted by atomic mass is 35.5. The summed E-state index contributed by atoms with van der Waals surface area (Å²) in [6, 6.07) is 11.5. The van der Waals surface area contributed by atoms with Gasteiger partial charge < -0.3 is 14.4 Å². The summed E-state index contributed by atoms with van der Waals surface area (Å²) in [5.41, 5.74) is 3.75. The van der Waals surface area contributed by atoms with Crippen LogP contribution in [0.1, 0.15) is 72.9 Å². The summed E-state index contributed by atoms with van der Waals surface area (Å²) in [4.78, 5) is 28.6. The van der Waals surface area contributed by atoms with Crippen molar-refractivity contribution in [3.05, 3.63) is 70.3 Å². The Bertz CT molecular complexity index is 1600. The topological polar surface area (TPSA) is 97.3 Å². The van der Waals surface area contributed by atoms with E-state index in [1.54, 1.807) is 13.2 Å². The molecule has 46 heavy (non-hydrogen) atoms. The van der Waals surface area contributed by atoms with Crippen LogP contribution < -0.4 is 14.4 Å². The maximum Gasteiger partial charge on any atom is 0.286 e. The standard InChI is InChI=1S/C36H46ClN3O5S/c1-24-10-15-30(37)19-27(24)8-6-7-25-21-40-22-29-13-16-31(29)33(44-2)9-4-3-5-18-46(43,38-35(41)26-11-12-26)39-36(42)28-14-17-34(45-23-25)32(40)20-28/h4,9-10,14-15,17,19-20,25-26,29,31,33H,3,5-8,11-13,16,18,21-23H2,1-2H3,(H,38,39,41,42,43)/b9-4+/t25-,29+,31-,33+,46?/m1/s1. The first-order valence-electron chi connectivity index (χ1n) is 16.8. The SMILES string of the molecule is CO[C@H]1/C=C/CCCS(=O)(NC(=O)C2CC2)=NC(=O)c2ccc3c(c2)N(C[C@@H](CCCc2cc(Cl)ccc2C)CO3)C[C@@H]2CC[C@H]21. The van der Waals surface area contributed by atoms with Crippen molar-refractivity contribution in [3.63, 3.8) is 0 Å². The average molecular weight is 668 g/mol. The van der Waals surface area contributed by atoms with Crippen LogP contribution in [-0.2, 0) is 25.9 Å². The predicted octanol–water partition coefficient (Wildman–Crippen LogP) is 6.93. The Morgan fingerprint density at radius 2 is 2.00 bits per heavy atom. The Labute approximate surface area is 278 Å². The summed E-state index contributed by atoms with van der Waals surface area (Å²) in [5, 5.41) is 0.767. The fourth-order valence-electron chi connectivity index (χ4n) is 6.98. The quantitative estimate of drug-likeness (QED) is 0.322. The van der Waals surface area contributed by atoms with Crippen molar-refractivity contribution in [2.24, 2.45) is 28.0 Å². The third kappa shape index (κ3) is 7.97. The summed E-state index contributed by atoms with van der Waals surface area (Å²) in [5.74, 6) is 1.01. The number of aryl methyl sites for hydroxylation is 2. The van der Waals surface area contributed by atoms with E-state index in [-0.39, 0.29) is 23.7 Å². The number of nitrogens with zero attached hydrogens (tertiary/aromatic N) is 2. The molecule has 8 nitrogen and oxygen atoms in total. The first-order valence-corrected chi connectivity index (χ1v) is 18.8. The van der Waals surface area contributed by atoms with Gasteiger partial charge in [-0.3, -0.25) is 14.3 Å². The number of hydrogen-bond donors (Lipinski definition) is 1. The van der Waals surface area contributed by atoms with Gasteiger partial charge in [0.2, 0.25) is 5.91 Å². The third-order valence-corrected chi connectivity index (χ3v) is 12.1. The number of halogens is 1. The molecule has 10 heteroatoms. The van der Waals surface area contributed by atoms with Gasteiger partial charge in [-0.1, -0.05) is 29.8 Å². The molecule has 0 spiro atoms. The molecule has 2 bridgehead atoms. The number of anilines is 1.